The largest absolute Gasteiger partial charge is 0.472 e. The highest BCUT2D eigenvalue weighted by atomic mass is 31.2. The molecular formula is C45H75O14P. The standard InChI is InChI=1S/C45H75O14P/c1-3-5-7-9-11-13-15-17-19-21-23-25-27-30-36(46)31-29-33-39(48)58-37(35-57-60(54,55)59-45-43(52)41(50)40(49)42(51)44(45)53)34-56-38(47)32-28-26-24-22-20-18-16-14-12-10-8-6-4-2/h8,10-11,13-14,16-17,19,23,25,27,30,36-37,40-46,49-53H,3-7,9,12,15,18,20-22,24,26,28-29,31-35H2,1-2H3,(H,54,55)/b10-8-,13-11-,16-14-,19-17-,25-23-,30-27+/t36-,37+,40?,41-,42+,43+,44+,45?/m0/s1. The van der Waals surface area contributed by atoms with E-state index in [4.69, 9.17) is 18.5 Å². The summed E-state index contributed by atoms with van der Waals surface area (Å²) in [6.45, 7) is 3.00. The molecule has 14 nitrogen and oxygen atoms in total. The molecule has 1 aliphatic carbocycles. The molecule has 0 radical (unpaired) electrons. The molecule has 0 aromatic heterocycles. The number of hydrogen-bond donors (Lipinski definition) is 7. The zero-order chi connectivity index (χ0) is 44.4. The molecule has 0 aliphatic heterocycles. The number of phosphoric ester groups is 1. The van der Waals surface area contributed by atoms with Crippen molar-refractivity contribution in [2.24, 2.45) is 0 Å². The van der Waals surface area contributed by atoms with Crippen molar-refractivity contribution in [1.29, 1.82) is 0 Å². The van der Waals surface area contributed by atoms with Crippen molar-refractivity contribution >= 4 is 19.8 Å². The van der Waals surface area contributed by atoms with Crippen LogP contribution in [0, 0.1) is 0 Å². The number of allylic oxidation sites excluding steroid dienone is 11. The summed E-state index contributed by atoms with van der Waals surface area (Å²) < 4.78 is 33.3. The monoisotopic (exact) mass is 870 g/mol. The van der Waals surface area contributed by atoms with Crippen LogP contribution >= 0.6 is 7.82 Å². The van der Waals surface area contributed by atoms with Gasteiger partial charge in [0.2, 0.25) is 0 Å². The van der Waals surface area contributed by atoms with Crippen molar-refractivity contribution in [2.75, 3.05) is 13.2 Å². The average Bonchev–Trinajstić information content (AvgIpc) is 3.22. The molecule has 0 saturated heterocycles. The van der Waals surface area contributed by atoms with E-state index in [9.17, 15) is 49.7 Å². The Morgan fingerprint density at radius 3 is 1.77 bits per heavy atom. The number of hydrogen-bond acceptors (Lipinski definition) is 13. The molecule has 7 N–H and O–H groups in total. The van der Waals surface area contributed by atoms with Crippen LogP contribution in [0.1, 0.15) is 136 Å². The van der Waals surface area contributed by atoms with Crippen LogP contribution in [-0.4, -0.2) is 110 Å². The molecule has 1 rings (SSSR count). The second-order valence-electron chi connectivity index (χ2n) is 15.0. The fraction of sp³-hybridized carbons (Fsp3) is 0.689. The Kier molecular flexibility index (Phi) is 32.0. The highest BCUT2D eigenvalue weighted by Gasteiger charge is 2.51. The first kappa shape index (κ1) is 55.3. The van der Waals surface area contributed by atoms with Gasteiger partial charge in [0, 0.05) is 12.8 Å². The topological polar surface area (TPSA) is 230 Å². The molecule has 1 saturated carbocycles. The molecule has 9 atom stereocenters. The number of aliphatic hydroxyl groups is 6. The van der Waals surface area contributed by atoms with E-state index in [0.29, 0.717) is 6.42 Å². The van der Waals surface area contributed by atoms with Gasteiger partial charge in [0.15, 0.2) is 6.10 Å². The van der Waals surface area contributed by atoms with Crippen LogP contribution in [0.15, 0.2) is 72.9 Å². The minimum atomic E-state index is -5.18. The lowest BCUT2D eigenvalue weighted by molar-refractivity contribution is -0.220. The van der Waals surface area contributed by atoms with Crippen LogP contribution in [0.5, 0.6) is 0 Å². The summed E-state index contributed by atoms with van der Waals surface area (Å²) in [6, 6.07) is 0. The first-order valence-electron chi connectivity index (χ1n) is 21.8. The Labute approximate surface area is 358 Å². The zero-order valence-electron chi connectivity index (χ0n) is 35.8. The van der Waals surface area contributed by atoms with Gasteiger partial charge in [0.1, 0.15) is 43.2 Å². The number of unbranched alkanes of at least 4 members (excludes halogenated alkanes) is 9. The summed E-state index contributed by atoms with van der Waals surface area (Å²) >= 11 is 0. The molecule has 0 bridgehead atoms. The van der Waals surface area contributed by atoms with E-state index in [-0.39, 0.29) is 25.7 Å². The van der Waals surface area contributed by atoms with Gasteiger partial charge in [0.05, 0.1) is 12.7 Å². The lowest BCUT2D eigenvalue weighted by Gasteiger charge is -2.41. The Hall–Kier alpha value is -2.75. The van der Waals surface area contributed by atoms with Crippen LogP contribution < -0.4 is 0 Å². The van der Waals surface area contributed by atoms with E-state index in [2.05, 4.69) is 62.5 Å². The minimum absolute atomic E-state index is 0.106. The maximum absolute atomic E-state index is 12.8. The molecule has 15 heteroatoms. The van der Waals surface area contributed by atoms with E-state index in [1.165, 1.54) is 19.3 Å². The van der Waals surface area contributed by atoms with Crippen LogP contribution in [-0.2, 0) is 32.7 Å². The van der Waals surface area contributed by atoms with Gasteiger partial charge in [-0.2, -0.15) is 0 Å². The third-order valence-electron chi connectivity index (χ3n) is 9.61. The number of phosphoric acid groups is 1. The average molecular weight is 871 g/mol. The normalized spacial score (nSPS) is 23.4. The predicted octanol–water partition coefficient (Wildman–Crippen LogP) is 6.91. The first-order valence-corrected chi connectivity index (χ1v) is 23.3. The maximum Gasteiger partial charge on any atom is 0.472 e. The number of ether oxygens (including phenoxy) is 2. The molecule has 60 heavy (non-hydrogen) atoms. The van der Waals surface area contributed by atoms with Crippen LogP contribution in [0.25, 0.3) is 0 Å². The molecule has 0 amide bonds. The summed E-state index contributed by atoms with van der Waals surface area (Å²) in [5.74, 6) is -1.33. The number of carbonyl (C=O) groups excluding carboxylic acids is 2. The van der Waals surface area contributed by atoms with Gasteiger partial charge in [-0.25, -0.2) is 4.57 Å². The minimum Gasteiger partial charge on any atom is -0.462 e. The number of carbonyl (C=O) groups is 2. The molecule has 344 valence electrons. The summed E-state index contributed by atoms with van der Waals surface area (Å²) in [5.41, 5.74) is 0. The SMILES string of the molecule is CCC/C=C\C/C=C\CCCCCCCC(=O)OC[C@H](COP(=O)(O)OC1[C@H](O)[C@H](O)C(O)[C@H](O)[C@H]1O)OC(=O)CCC[C@@H](O)/C=C/C=C\C/C=C\C/C=C\CCCCC. The van der Waals surface area contributed by atoms with E-state index in [1.807, 2.05) is 12.2 Å². The quantitative estimate of drug-likeness (QED) is 0.0115. The molecule has 0 aromatic rings. The second kappa shape index (κ2) is 34.8. The molecule has 0 aromatic carbocycles. The van der Waals surface area contributed by atoms with Crippen molar-refractivity contribution in [3.8, 4) is 0 Å². The highest BCUT2D eigenvalue weighted by molar-refractivity contribution is 7.47. The molecule has 1 aliphatic rings. The van der Waals surface area contributed by atoms with Crippen LogP contribution in [0.2, 0.25) is 0 Å². The van der Waals surface area contributed by atoms with Crippen molar-refractivity contribution in [3.05, 3.63) is 72.9 Å². The van der Waals surface area contributed by atoms with Gasteiger partial charge in [-0.3, -0.25) is 18.6 Å². The van der Waals surface area contributed by atoms with Crippen molar-refractivity contribution < 1.29 is 68.2 Å². The summed E-state index contributed by atoms with van der Waals surface area (Å²) in [6.07, 6.45) is 25.5. The zero-order valence-corrected chi connectivity index (χ0v) is 36.7. The maximum atomic E-state index is 12.8. The Morgan fingerprint density at radius 1 is 0.600 bits per heavy atom. The summed E-state index contributed by atoms with van der Waals surface area (Å²) in [4.78, 5) is 35.6. The number of esters is 2. The van der Waals surface area contributed by atoms with Gasteiger partial charge >= 0.3 is 19.8 Å². The van der Waals surface area contributed by atoms with Crippen molar-refractivity contribution in [1.82, 2.24) is 0 Å². The van der Waals surface area contributed by atoms with Gasteiger partial charge in [-0.05, 0) is 70.6 Å². The predicted molar refractivity (Wildman–Crippen MR) is 231 cm³/mol. The van der Waals surface area contributed by atoms with E-state index in [0.717, 1.165) is 70.6 Å². The van der Waals surface area contributed by atoms with Crippen molar-refractivity contribution in [2.45, 2.75) is 185 Å². The van der Waals surface area contributed by atoms with E-state index < -0.39 is 81.8 Å². The van der Waals surface area contributed by atoms with Gasteiger partial charge in [-0.15, -0.1) is 0 Å². The molecule has 3 unspecified atom stereocenters. The Bertz CT molecular complexity index is 1340. The summed E-state index contributed by atoms with van der Waals surface area (Å²) in [7, 11) is -5.18. The third-order valence-corrected chi connectivity index (χ3v) is 10.6. The Balaban J connectivity index is 2.60. The number of rotatable bonds is 34. The molecule has 0 heterocycles. The first-order chi connectivity index (χ1) is 28.8. The van der Waals surface area contributed by atoms with Gasteiger partial charge < -0.3 is 45.0 Å². The van der Waals surface area contributed by atoms with Gasteiger partial charge in [0.25, 0.3) is 0 Å². The third kappa shape index (κ3) is 27.2. The van der Waals surface area contributed by atoms with E-state index in [1.54, 1.807) is 12.2 Å². The smallest absolute Gasteiger partial charge is 0.462 e. The lowest BCUT2D eigenvalue weighted by atomic mass is 9.85. The van der Waals surface area contributed by atoms with Crippen LogP contribution in [0.3, 0.4) is 0 Å². The number of aliphatic hydroxyl groups excluding tert-OH is 6. The molecule has 1 fully saturated rings. The fourth-order valence-electron chi connectivity index (χ4n) is 6.01. The van der Waals surface area contributed by atoms with Crippen LogP contribution in [0.4, 0.5) is 0 Å². The fourth-order valence-corrected chi connectivity index (χ4v) is 6.99. The van der Waals surface area contributed by atoms with Crippen molar-refractivity contribution in [3.63, 3.8) is 0 Å². The molecule has 0 spiro atoms. The second-order valence-corrected chi connectivity index (χ2v) is 16.4. The Morgan fingerprint density at radius 2 is 1.13 bits per heavy atom. The lowest BCUT2D eigenvalue weighted by Crippen LogP contribution is -2.64. The van der Waals surface area contributed by atoms with E-state index >= 15 is 0 Å². The van der Waals surface area contributed by atoms with Gasteiger partial charge in [-0.1, -0.05) is 125 Å². The molecular weight excluding hydrogens is 795 g/mol. The summed E-state index contributed by atoms with van der Waals surface area (Å²) in [5, 5.41) is 60.4. The highest BCUT2D eigenvalue weighted by Crippen LogP contribution is 2.47.